The number of carbonyl (C=O) groups excluding carboxylic acids is 1. The van der Waals surface area contributed by atoms with Crippen molar-refractivity contribution in [2.45, 2.75) is 6.92 Å². The third kappa shape index (κ3) is 3.20. The molecule has 92 valence electrons. The van der Waals surface area contributed by atoms with Gasteiger partial charge in [0, 0.05) is 21.0 Å². The Labute approximate surface area is 124 Å². The molecule has 1 aromatic carbocycles. The molecule has 1 amide bonds. The lowest BCUT2D eigenvalue weighted by molar-refractivity contribution is 0.102. The number of carbonyl (C=O) groups is 1. The maximum Gasteiger partial charge on any atom is 0.255 e. The van der Waals surface area contributed by atoms with Gasteiger partial charge in [-0.05, 0) is 65.4 Å². The van der Waals surface area contributed by atoms with E-state index in [1.165, 1.54) is 6.20 Å². The Morgan fingerprint density at radius 2 is 2.11 bits per heavy atom. The molecule has 2 aromatic rings. The van der Waals surface area contributed by atoms with E-state index in [1.807, 2.05) is 25.1 Å². The Bertz CT molecular complexity index is 601. The van der Waals surface area contributed by atoms with E-state index in [2.05, 4.69) is 32.9 Å². The van der Waals surface area contributed by atoms with Gasteiger partial charge in [-0.1, -0.05) is 11.6 Å². The molecule has 0 aliphatic rings. The Kier molecular flexibility index (Phi) is 4.19. The lowest BCUT2D eigenvalue weighted by Crippen LogP contribution is -2.12. The minimum absolute atomic E-state index is 0.191. The van der Waals surface area contributed by atoms with Gasteiger partial charge in [0.05, 0.1) is 0 Å². The van der Waals surface area contributed by atoms with Gasteiger partial charge in [-0.3, -0.25) is 4.79 Å². The summed E-state index contributed by atoms with van der Waals surface area (Å²) >= 11 is 7.99. The van der Waals surface area contributed by atoms with E-state index in [1.54, 1.807) is 12.1 Å². The van der Waals surface area contributed by atoms with Crippen molar-refractivity contribution >= 4 is 45.8 Å². The zero-order chi connectivity index (χ0) is 13.1. The molecule has 5 heteroatoms. The van der Waals surface area contributed by atoms with Crippen molar-refractivity contribution in [1.82, 2.24) is 4.98 Å². The normalized spacial score (nSPS) is 10.2. The van der Waals surface area contributed by atoms with Crippen molar-refractivity contribution in [2.24, 2.45) is 0 Å². The number of rotatable bonds is 2. The third-order valence-corrected chi connectivity index (χ3v) is 3.30. The molecule has 0 aliphatic heterocycles. The lowest BCUT2D eigenvalue weighted by Gasteiger charge is -2.08. The van der Waals surface area contributed by atoms with Gasteiger partial charge < -0.3 is 5.32 Å². The van der Waals surface area contributed by atoms with Crippen molar-refractivity contribution in [3.8, 4) is 0 Å². The highest BCUT2D eigenvalue weighted by Crippen LogP contribution is 2.19. The second-order valence-corrected chi connectivity index (χ2v) is 5.41. The van der Waals surface area contributed by atoms with Crippen molar-refractivity contribution in [3.05, 3.63) is 56.4 Å². The largest absolute Gasteiger partial charge is 0.322 e. The van der Waals surface area contributed by atoms with Crippen molar-refractivity contribution in [2.75, 3.05) is 5.32 Å². The number of halogens is 2. The monoisotopic (exact) mass is 372 g/mol. The van der Waals surface area contributed by atoms with Crippen LogP contribution in [0.4, 0.5) is 5.69 Å². The molecule has 0 unspecified atom stereocenters. The highest BCUT2D eigenvalue weighted by atomic mass is 127. The minimum Gasteiger partial charge on any atom is -0.322 e. The van der Waals surface area contributed by atoms with Crippen LogP contribution in [-0.4, -0.2) is 10.9 Å². The van der Waals surface area contributed by atoms with Gasteiger partial charge in [0.15, 0.2) is 0 Å². The Hall–Kier alpha value is -1.14. The maximum atomic E-state index is 12.0. The smallest absolute Gasteiger partial charge is 0.255 e. The topological polar surface area (TPSA) is 42.0 Å². The molecular formula is C13H10ClIN2O. The summed E-state index contributed by atoms with van der Waals surface area (Å²) in [5.41, 5.74) is 2.32. The van der Waals surface area contributed by atoms with E-state index >= 15 is 0 Å². The number of nitrogens with one attached hydrogen (secondary N) is 1. The van der Waals surface area contributed by atoms with Crippen LogP contribution >= 0.6 is 34.2 Å². The molecule has 0 radical (unpaired) electrons. The summed E-state index contributed by atoms with van der Waals surface area (Å²) in [6, 6.07) is 9.01. The van der Waals surface area contributed by atoms with Gasteiger partial charge in [0.2, 0.25) is 0 Å². The summed E-state index contributed by atoms with van der Waals surface area (Å²) in [5, 5.41) is 3.16. The standard InChI is InChI=1S/C13H10ClIN2O/c1-8-6-10(15)2-3-11(8)17-13(18)9-4-5-16-12(14)7-9/h2-7H,1H3,(H,17,18). The predicted molar refractivity (Wildman–Crippen MR) is 81.1 cm³/mol. The van der Waals surface area contributed by atoms with Gasteiger partial charge in [0.1, 0.15) is 5.15 Å². The number of amides is 1. The van der Waals surface area contributed by atoms with Crippen LogP contribution in [0.1, 0.15) is 15.9 Å². The predicted octanol–water partition coefficient (Wildman–Crippen LogP) is 3.90. The third-order valence-electron chi connectivity index (χ3n) is 2.43. The Morgan fingerprint density at radius 1 is 1.33 bits per heavy atom. The van der Waals surface area contributed by atoms with Gasteiger partial charge in [0.25, 0.3) is 5.91 Å². The van der Waals surface area contributed by atoms with Crippen LogP contribution in [0.25, 0.3) is 0 Å². The van der Waals surface area contributed by atoms with Crippen molar-refractivity contribution < 1.29 is 4.79 Å². The van der Waals surface area contributed by atoms with Crippen LogP contribution < -0.4 is 5.32 Å². The van der Waals surface area contributed by atoms with E-state index in [4.69, 9.17) is 11.6 Å². The fourth-order valence-corrected chi connectivity index (χ4v) is 2.33. The number of benzene rings is 1. The number of hydrogen-bond donors (Lipinski definition) is 1. The molecule has 0 saturated carbocycles. The summed E-state index contributed by atoms with van der Waals surface area (Å²) in [4.78, 5) is 15.8. The van der Waals surface area contributed by atoms with Gasteiger partial charge in [-0.25, -0.2) is 4.98 Å². The Morgan fingerprint density at radius 3 is 2.78 bits per heavy atom. The quantitative estimate of drug-likeness (QED) is 0.642. The lowest BCUT2D eigenvalue weighted by atomic mass is 10.2. The summed E-state index contributed by atoms with van der Waals surface area (Å²) in [6.45, 7) is 1.96. The molecule has 0 spiro atoms. The van der Waals surface area contributed by atoms with Crippen LogP contribution in [0.2, 0.25) is 5.15 Å². The highest BCUT2D eigenvalue weighted by molar-refractivity contribution is 14.1. The second-order valence-electron chi connectivity index (χ2n) is 3.78. The summed E-state index contributed by atoms with van der Waals surface area (Å²) in [6.07, 6.45) is 1.51. The molecular weight excluding hydrogens is 363 g/mol. The zero-order valence-electron chi connectivity index (χ0n) is 9.58. The van der Waals surface area contributed by atoms with Gasteiger partial charge in [-0.15, -0.1) is 0 Å². The first-order valence-corrected chi connectivity index (χ1v) is 6.71. The summed E-state index contributed by atoms with van der Waals surface area (Å²) in [7, 11) is 0. The first-order chi connectivity index (χ1) is 8.56. The fourth-order valence-electron chi connectivity index (χ4n) is 1.51. The van der Waals surface area contributed by atoms with Gasteiger partial charge in [-0.2, -0.15) is 0 Å². The minimum atomic E-state index is -0.191. The molecule has 2 rings (SSSR count). The molecule has 18 heavy (non-hydrogen) atoms. The average molecular weight is 373 g/mol. The number of aryl methyl sites for hydroxylation is 1. The van der Waals surface area contributed by atoms with Gasteiger partial charge >= 0.3 is 0 Å². The second kappa shape index (κ2) is 5.67. The number of aromatic nitrogens is 1. The number of pyridine rings is 1. The molecule has 1 heterocycles. The average Bonchev–Trinajstić information content (AvgIpc) is 2.32. The van der Waals surface area contributed by atoms with Crippen LogP contribution in [0.15, 0.2) is 36.5 Å². The summed E-state index contributed by atoms with van der Waals surface area (Å²) in [5.74, 6) is -0.191. The van der Waals surface area contributed by atoms with Crippen LogP contribution in [-0.2, 0) is 0 Å². The Balaban J connectivity index is 2.21. The van der Waals surface area contributed by atoms with Crippen molar-refractivity contribution in [3.63, 3.8) is 0 Å². The van der Waals surface area contributed by atoms with Crippen molar-refractivity contribution in [1.29, 1.82) is 0 Å². The van der Waals surface area contributed by atoms with Crippen LogP contribution in [0.3, 0.4) is 0 Å². The molecule has 0 bridgehead atoms. The van der Waals surface area contributed by atoms with E-state index in [0.717, 1.165) is 14.8 Å². The summed E-state index contributed by atoms with van der Waals surface area (Å²) < 4.78 is 1.13. The van der Waals surface area contributed by atoms with E-state index < -0.39 is 0 Å². The highest BCUT2D eigenvalue weighted by Gasteiger charge is 2.08. The maximum absolute atomic E-state index is 12.0. The molecule has 0 saturated heterocycles. The van der Waals surface area contributed by atoms with E-state index in [9.17, 15) is 4.79 Å². The molecule has 1 N–H and O–H groups in total. The molecule has 1 aromatic heterocycles. The molecule has 0 fully saturated rings. The van der Waals surface area contributed by atoms with E-state index in [-0.39, 0.29) is 5.91 Å². The first-order valence-electron chi connectivity index (χ1n) is 5.25. The number of anilines is 1. The fraction of sp³-hybridized carbons (Fsp3) is 0.0769. The first kappa shape index (κ1) is 13.3. The van der Waals surface area contributed by atoms with Crippen LogP contribution in [0.5, 0.6) is 0 Å². The molecule has 3 nitrogen and oxygen atoms in total. The zero-order valence-corrected chi connectivity index (χ0v) is 12.5. The molecule has 0 aliphatic carbocycles. The van der Waals surface area contributed by atoms with E-state index in [0.29, 0.717) is 10.7 Å². The number of nitrogens with zero attached hydrogens (tertiary/aromatic N) is 1. The SMILES string of the molecule is Cc1cc(I)ccc1NC(=O)c1ccnc(Cl)c1. The van der Waals surface area contributed by atoms with Crippen LogP contribution in [0, 0.1) is 10.5 Å². The number of hydrogen-bond acceptors (Lipinski definition) is 2. The molecule has 0 atom stereocenters.